The number of aryl methyl sites for hydroxylation is 3. The van der Waals surface area contributed by atoms with E-state index in [4.69, 9.17) is 4.52 Å². The third kappa shape index (κ3) is 2.84. The van der Waals surface area contributed by atoms with Crippen molar-refractivity contribution in [2.45, 2.75) is 40.2 Å². The average molecular weight is 279 g/mol. The monoisotopic (exact) mass is 279 g/mol. The van der Waals surface area contributed by atoms with Crippen molar-refractivity contribution >= 4 is 17.2 Å². The number of nitrogens with one attached hydrogen (secondary N) is 1. The molecule has 1 atom stereocenters. The molecular formula is C13H17N3O2S. The van der Waals surface area contributed by atoms with E-state index in [0.717, 1.165) is 17.1 Å². The molecule has 2 heterocycles. The SMILES string of the molecule is CCC(NC(=O)c1cnoc1C)c1nc(C)c(C)s1. The number of aromatic nitrogens is 2. The Morgan fingerprint density at radius 3 is 2.68 bits per heavy atom. The van der Waals surface area contributed by atoms with Crippen LogP contribution in [0.3, 0.4) is 0 Å². The van der Waals surface area contributed by atoms with Crippen LogP contribution in [0.2, 0.25) is 0 Å². The minimum absolute atomic E-state index is 0.0702. The van der Waals surface area contributed by atoms with Crippen LogP contribution in [-0.2, 0) is 0 Å². The fourth-order valence-electron chi connectivity index (χ4n) is 1.74. The molecule has 102 valence electrons. The Labute approximate surface area is 116 Å². The molecule has 2 aromatic rings. The second kappa shape index (κ2) is 5.52. The van der Waals surface area contributed by atoms with Gasteiger partial charge in [0.2, 0.25) is 0 Å². The maximum absolute atomic E-state index is 12.1. The van der Waals surface area contributed by atoms with Crippen molar-refractivity contribution in [1.29, 1.82) is 0 Å². The maximum atomic E-state index is 12.1. The van der Waals surface area contributed by atoms with Gasteiger partial charge in [0.05, 0.1) is 17.9 Å². The molecule has 19 heavy (non-hydrogen) atoms. The Balaban J connectivity index is 2.16. The normalized spacial score (nSPS) is 12.4. The lowest BCUT2D eigenvalue weighted by atomic mass is 10.2. The molecule has 0 aromatic carbocycles. The number of hydrogen-bond donors (Lipinski definition) is 1. The lowest BCUT2D eigenvalue weighted by Crippen LogP contribution is -2.28. The van der Waals surface area contributed by atoms with Crippen LogP contribution in [0.25, 0.3) is 0 Å². The van der Waals surface area contributed by atoms with Gasteiger partial charge in [-0.3, -0.25) is 4.79 Å². The van der Waals surface area contributed by atoms with Crippen molar-refractivity contribution in [2.24, 2.45) is 0 Å². The van der Waals surface area contributed by atoms with Gasteiger partial charge in [-0.15, -0.1) is 11.3 Å². The van der Waals surface area contributed by atoms with Gasteiger partial charge in [-0.05, 0) is 27.2 Å². The van der Waals surface area contributed by atoms with E-state index in [9.17, 15) is 4.79 Å². The molecule has 0 aliphatic carbocycles. The van der Waals surface area contributed by atoms with E-state index < -0.39 is 0 Å². The van der Waals surface area contributed by atoms with Crippen molar-refractivity contribution in [3.63, 3.8) is 0 Å². The number of amides is 1. The van der Waals surface area contributed by atoms with Crippen LogP contribution in [0.15, 0.2) is 10.7 Å². The van der Waals surface area contributed by atoms with Crippen molar-refractivity contribution in [3.05, 3.63) is 33.1 Å². The highest BCUT2D eigenvalue weighted by atomic mass is 32.1. The highest BCUT2D eigenvalue weighted by Crippen LogP contribution is 2.25. The minimum Gasteiger partial charge on any atom is -0.361 e. The van der Waals surface area contributed by atoms with Crippen LogP contribution in [-0.4, -0.2) is 16.0 Å². The van der Waals surface area contributed by atoms with Gasteiger partial charge in [-0.25, -0.2) is 4.98 Å². The molecule has 0 radical (unpaired) electrons. The summed E-state index contributed by atoms with van der Waals surface area (Å²) in [5.41, 5.74) is 1.50. The Morgan fingerprint density at radius 1 is 1.47 bits per heavy atom. The number of hydrogen-bond acceptors (Lipinski definition) is 5. The van der Waals surface area contributed by atoms with E-state index in [0.29, 0.717) is 11.3 Å². The van der Waals surface area contributed by atoms with Gasteiger partial charge in [0.25, 0.3) is 5.91 Å². The Morgan fingerprint density at radius 2 is 2.21 bits per heavy atom. The largest absolute Gasteiger partial charge is 0.361 e. The van der Waals surface area contributed by atoms with Crippen LogP contribution in [0, 0.1) is 20.8 Å². The average Bonchev–Trinajstić information content (AvgIpc) is 2.93. The molecule has 0 bridgehead atoms. The molecule has 0 aliphatic heterocycles. The van der Waals surface area contributed by atoms with Gasteiger partial charge in [0, 0.05) is 4.88 Å². The minimum atomic E-state index is -0.170. The lowest BCUT2D eigenvalue weighted by molar-refractivity contribution is 0.0934. The second-order valence-corrected chi connectivity index (χ2v) is 5.66. The summed E-state index contributed by atoms with van der Waals surface area (Å²) in [4.78, 5) is 17.8. The Hall–Kier alpha value is -1.69. The van der Waals surface area contributed by atoms with Gasteiger partial charge in [0.15, 0.2) is 0 Å². The van der Waals surface area contributed by atoms with Gasteiger partial charge < -0.3 is 9.84 Å². The van der Waals surface area contributed by atoms with Crippen molar-refractivity contribution in [3.8, 4) is 0 Å². The highest BCUT2D eigenvalue weighted by Gasteiger charge is 2.20. The zero-order chi connectivity index (χ0) is 14.0. The van der Waals surface area contributed by atoms with Crippen molar-refractivity contribution < 1.29 is 9.32 Å². The van der Waals surface area contributed by atoms with E-state index in [1.165, 1.54) is 11.1 Å². The van der Waals surface area contributed by atoms with Crippen LogP contribution in [0.1, 0.15) is 51.1 Å². The molecule has 5 nitrogen and oxygen atoms in total. The summed E-state index contributed by atoms with van der Waals surface area (Å²) in [5, 5.41) is 7.54. The van der Waals surface area contributed by atoms with Gasteiger partial charge in [-0.2, -0.15) is 0 Å². The Kier molecular flexibility index (Phi) is 3.99. The quantitative estimate of drug-likeness (QED) is 0.934. The number of thiazole rings is 1. The molecule has 1 unspecified atom stereocenters. The van der Waals surface area contributed by atoms with Crippen LogP contribution in [0.5, 0.6) is 0 Å². The third-order valence-corrected chi connectivity index (χ3v) is 4.24. The number of carbonyl (C=O) groups is 1. The van der Waals surface area contributed by atoms with E-state index in [1.807, 2.05) is 20.8 Å². The van der Waals surface area contributed by atoms with Crippen LogP contribution < -0.4 is 5.32 Å². The van der Waals surface area contributed by atoms with E-state index >= 15 is 0 Å². The lowest BCUT2D eigenvalue weighted by Gasteiger charge is -2.13. The predicted molar refractivity (Wildman–Crippen MR) is 73.3 cm³/mol. The van der Waals surface area contributed by atoms with Gasteiger partial charge in [0.1, 0.15) is 16.3 Å². The molecule has 1 N–H and O–H groups in total. The molecule has 2 aromatic heterocycles. The molecular weight excluding hydrogens is 262 g/mol. The standard InChI is InChI=1S/C13H17N3O2S/c1-5-11(13-15-7(2)9(4)19-13)16-12(17)10-6-14-18-8(10)3/h6,11H,5H2,1-4H3,(H,16,17). The second-order valence-electron chi connectivity index (χ2n) is 4.42. The first kappa shape index (κ1) is 13.7. The molecule has 0 saturated carbocycles. The molecule has 0 aliphatic rings. The summed E-state index contributed by atoms with van der Waals surface area (Å²) >= 11 is 1.63. The molecule has 0 fully saturated rings. The van der Waals surface area contributed by atoms with Crippen LogP contribution >= 0.6 is 11.3 Å². The highest BCUT2D eigenvalue weighted by molar-refractivity contribution is 7.11. The first-order valence-corrected chi connectivity index (χ1v) is 7.00. The molecule has 1 amide bonds. The summed E-state index contributed by atoms with van der Waals surface area (Å²) in [6, 6.07) is -0.0702. The zero-order valence-electron chi connectivity index (χ0n) is 11.5. The van der Waals surface area contributed by atoms with Gasteiger partial charge in [-0.1, -0.05) is 12.1 Å². The molecule has 6 heteroatoms. The summed E-state index contributed by atoms with van der Waals surface area (Å²) in [6.07, 6.45) is 2.23. The first-order chi connectivity index (χ1) is 9.02. The summed E-state index contributed by atoms with van der Waals surface area (Å²) in [6.45, 7) is 7.77. The summed E-state index contributed by atoms with van der Waals surface area (Å²) in [7, 11) is 0. The maximum Gasteiger partial charge on any atom is 0.257 e. The predicted octanol–water partition coefficient (Wildman–Crippen LogP) is 2.94. The topological polar surface area (TPSA) is 68.0 Å². The number of nitrogens with zero attached hydrogens (tertiary/aromatic N) is 2. The summed E-state index contributed by atoms with van der Waals surface area (Å²) in [5.74, 6) is 0.356. The number of rotatable bonds is 4. The van der Waals surface area contributed by atoms with E-state index in [2.05, 4.69) is 15.5 Å². The summed E-state index contributed by atoms with van der Waals surface area (Å²) < 4.78 is 4.91. The van der Waals surface area contributed by atoms with Crippen molar-refractivity contribution in [2.75, 3.05) is 0 Å². The first-order valence-electron chi connectivity index (χ1n) is 6.19. The smallest absolute Gasteiger partial charge is 0.257 e. The van der Waals surface area contributed by atoms with Crippen LogP contribution in [0.4, 0.5) is 0 Å². The van der Waals surface area contributed by atoms with Gasteiger partial charge >= 0.3 is 0 Å². The zero-order valence-corrected chi connectivity index (χ0v) is 12.3. The molecule has 0 spiro atoms. The van der Waals surface area contributed by atoms with E-state index in [1.54, 1.807) is 18.3 Å². The Bertz CT molecular complexity index is 569. The fourth-order valence-corrected chi connectivity index (χ4v) is 2.80. The molecule has 0 saturated heterocycles. The third-order valence-electron chi connectivity index (χ3n) is 3.05. The van der Waals surface area contributed by atoms with E-state index in [-0.39, 0.29) is 11.9 Å². The number of carbonyl (C=O) groups excluding carboxylic acids is 1. The van der Waals surface area contributed by atoms with Crippen molar-refractivity contribution in [1.82, 2.24) is 15.5 Å². The fraction of sp³-hybridized carbons (Fsp3) is 0.462. The molecule has 2 rings (SSSR count).